The molecule has 1 aromatic heterocycles. The van der Waals surface area contributed by atoms with Gasteiger partial charge in [0.25, 0.3) is 0 Å². The van der Waals surface area contributed by atoms with Gasteiger partial charge in [0.1, 0.15) is 11.5 Å². The van der Waals surface area contributed by atoms with Crippen LogP contribution in [0.4, 0.5) is 19.0 Å². The summed E-state index contributed by atoms with van der Waals surface area (Å²) in [5, 5.41) is 0. The first kappa shape index (κ1) is 11.2. The van der Waals surface area contributed by atoms with E-state index in [4.69, 9.17) is 5.73 Å². The maximum atomic E-state index is 12.4. The molecule has 2 rings (SSSR count). The lowest BCUT2D eigenvalue weighted by molar-refractivity contribution is -0.141. The molecule has 0 radical (unpaired) electrons. The molecule has 1 saturated heterocycles. The van der Waals surface area contributed by atoms with E-state index in [2.05, 4.69) is 4.98 Å². The Hall–Kier alpha value is -1.30. The zero-order chi connectivity index (χ0) is 11.8. The van der Waals surface area contributed by atoms with Crippen molar-refractivity contribution in [1.82, 2.24) is 4.98 Å². The largest absolute Gasteiger partial charge is 0.433 e. The van der Waals surface area contributed by atoms with Crippen LogP contribution < -0.4 is 10.6 Å². The van der Waals surface area contributed by atoms with E-state index in [-0.39, 0.29) is 6.04 Å². The molecule has 0 amide bonds. The highest BCUT2D eigenvalue weighted by atomic mass is 19.4. The Morgan fingerprint density at radius 2 is 2.12 bits per heavy atom. The van der Waals surface area contributed by atoms with Gasteiger partial charge in [-0.3, -0.25) is 0 Å². The van der Waals surface area contributed by atoms with Crippen molar-refractivity contribution in [2.45, 2.75) is 18.6 Å². The molecule has 88 valence electrons. The molecule has 3 nitrogen and oxygen atoms in total. The van der Waals surface area contributed by atoms with E-state index in [9.17, 15) is 13.2 Å². The van der Waals surface area contributed by atoms with Crippen molar-refractivity contribution >= 4 is 5.82 Å². The molecule has 16 heavy (non-hydrogen) atoms. The van der Waals surface area contributed by atoms with Gasteiger partial charge in [-0.15, -0.1) is 0 Å². The van der Waals surface area contributed by atoms with Crippen LogP contribution in [0.2, 0.25) is 0 Å². The van der Waals surface area contributed by atoms with Crippen molar-refractivity contribution in [3.63, 3.8) is 0 Å². The maximum Gasteiger partial charge on any atom is 0.433 e. The van der Waals surface area contributed by atoms with Crippen molar-refractivity contribution in [1.29, 1.82) is 0 Å². The lowest BCUT2D eigenvalue weighted by Gasteiger charge is -2.17. The number of halogens is 3. The minimum absolute atomic E-state index is 0.0244. The van der Waals surface area contributed by atoms with E-state index in [1.807, 2.05) is 0 Å². The van der Waals surface area contributed by atoms with Crippen LogP contribution in [-0.2, 0) is 6.18 Å². The monoisotopic (exact) mass is 231 g/mol. The summed E-state index contributed by atoms with van der Waals surface area (Å²) in [6.45, 7) is 1.23. The number of hydrogen-bond donors (Lipinski definition) is 1. The SMILES string of the molecule is N[C@H]1CCN(c2cccc(C(F)(F)F)n2)C1. The zero-order valence-corrected chi connectivity index (χ0v) is 8.54. The highest BCUT2D eigenvalue weighted by Crippen LogP contribution is 2.29. The van der Waals surface area contributed by atoms with Gasteiger partial charge in [0.2, 0.25) is 0 Å². The first-order chi connectivity index (χ1) is 7.47. The Kier molecular flexibility index (Phi) is 2.75. The van der Waals surface area contributed by atoms with E-state index < -0.39 is 11.9 Å². The van der Waals surface area contributed by atoms with Crippen molar-refractivity contribution in [2.24, 2.45) is 5.73 Å². The molecule has 1 aromatic rings. The van der Waals surface area contributed by atoms with Gasteiger partial charge in [0.05, 0.1) is 0 Å². The molecule has 2 heterocycles. The normalized spacial score (nSPS) is 21.5. The van der Waals surface area contributed by atoms with Crippen LogP contribution in [0.15, 0.2) is 18.2 Å². The number of rotatable bonds is 1. The molecule has 0 bridgehead atoms. The van der Waals surface area contributed by atoms with Gasteiger partial charge in [-0.05, 0) is 18.6 Å². The fraction of sp³-hybridized carbons (Fsp3) is 0.500. The van der Waals surface area contributed by atoms with Crippen LogP contribution >= 0.6 is 0 Å². The highest BCUT2D eigenvalue weighted by Gasteiger charge is 2.33. The van der Waals surface area contributed by atoms with Gasteiger partial charge in [-0.1, -0.05) is 6.07 Å². The second-order valence-corrected chi connectivity index (χ2v) is 3.87. The number of nitrogens with zero attached hydrogens (tertiary/aromatic N) is 2. The number of aromatic nitrogens is 1. The summed E-state index contributed by atoms with van der Waals surface area (Å²) < 4.78 is 37.3. The second-order valence-electron chi connectivity index (χ2n) is 3.87. The first-order valence-corrected chi connectivity index (χ1v) is 5.01. The molecule has 1 aliphatic rings. The summed E-state index contributed by atoms with van der Waals surface area (Å²) in [6, 6.07) is 3.94. The Bertz CT molecular complexity index is 378. The van der Waals surface area contributed by atoms with E-state index in [0.29, 0.717) is 18.9 Å². The molecule has 1 aliphatic heterocycles. The Morgan fingerprint density at radius 1 is 1.38 bits per heavy atom. The number of anilines is 1. The summed E-state index contributed by atoms with van der Waals surface area (Å²) in [5.74, 6) is 0.350. The van der Waals surface area contributed by atoms with Gasteiger partial charge < -0.3 is 10.6 Å². The first-order valence-electron chi connectivity index (χ1n) is 5.01. The second kappa shape index (κ2) is 3.93. The Balaban J connectivity index is 2.23. The van der Waals surface area contributed by atoms with E-state index in [0.717, 1.165) is 12.5 Å². The molecule has 1 fully saturated rings. The number of nitrogens with two attached hydrogens (primary N) is 1. The number of hydrogen-bond acceptors (Lipinski definition) is 3. The lowest BCUT2D eigenvalue weighted by Crippen LogP contribution is -2.27. The van der Waals surface area contributed by atoms with Gasteiger partial charge in [-0.25, -0.2) is 4.98 Å². The average molecular weight is 231 g/mol. The lowest BCUT2D eigenvalue weighted by atomic mass is 10.3. The highest BCUT2D eigenvalue weighted by molar-refractivity contribution is 5.41. The third-order valence-corrected chi connectivity index (χ3v) is 2.57. The fourth-order valence-corrected chi connectivity index (χ4v) is 1.75. The molecule has 0 unspecified atom stereocenters. The van der Waals surface area contributed by atoms with Crippen molar-refractivity contribution in [3.8, 4) is 0 Å². The molecule has 6 heteroatoms. The predicted molar refractivity (Wildman–Crippen MR) is 54.0 cm³/mol. The van der Waals surface area contributed by atoms with Crippen LogP contribution in [0.5, 0.6) is 0 Å². The van der Waals surface area contributed by atoms with Crippen LogP contribution in [0.25, 0.3) is 0 Å². The molecule has 0 aliphatic carbocycles. The smallest absolute Gasteiger partial charge is 0.355 e. The standard InChI is InChI=1S/C10H12F3N3/c11-10(12,13)8-2-1-3-9(15-8)16-5-4-7(14)6-16/h1-3,7H,4-6,14H2/t7-/m0/s1. The Morgan fingerprint density at radius 3 is 2.69 bits per heavy atom. The molecular weight excluding hydrogens is 219 g/mol. The minimum Gasteiger partial charge on any atom is -0.355 e. The van der Waals surface area contributed by atoms with Crippen molar-refractivity contribution in [2.75, 3.05) is 18.0 Å². The van der Waals surface area contributed by atoms with Gasteiger partial charge in [0, 0.05) is 19.1 Å². The molecule has 2 N–H and O–H groups in total. The van der Waals surface area contributed by atoms with Crippen LogP contribution in [-0.4, -0.2) is 24.1 Å². The van der Waals surface area contributed by atoms with Crippen molar-refractivity contribution in [3.05, 3.63) is 23.9 Å². The molecule has 0 saturated carbocycles. The summed E-state index contributed by atoms with van der Waals surface area (Å²) in [4.78, 5) is 5.38. The molecule has 1 atom stereocenters. The van der Waals surface area contributed by atoms with Crippen LogP contribution in [0, 0.1) is 0 Å². The average Bonchev–Trinajstić information content (AvgIpc) is 2.64. The molecule has 0 spiro atoms. The fourth-order valence-electron chi connectivity index (χ4n) is 1.75. The zero-order valence-electron chi connectivity index (χ0n) is 8.54. The van der Waals surface area contributed by atoms with Gasteiger partial charge in [-0.2, -0.15) is 13.2 Å². The third kappa shape index (κ3) is 2.27. The van der Waals surface area contributed by atoms with Gasteiger partial charge in [0.15, 0.2) is 0 Å². The van der Waals surface area contributed by atoms with E-state index in [1.54, 1.807) is 11.0 Å². The number of pyridine rings is 1. The maximum absolute atomic E-state index is 12.4. The summed E-state index contributed by atoms with van der Waals surface area (Å²) in [5.41, 5.74) is 4.84. The van der Waals surface area contributed by atoms with E-state index in [1.165, 1.54) is 6.07 Å². The summed E-state index contributed by atoms with van der Waals surface area (Å²) in [7, 11) is 0. The van der Waals surface area contributed by atoms with E-state index >= 15 is 0 Å². The quantitative estimate of drug-likeness (QED) is 0.798. The van der Waals surface area contributed by atoms with Crippen LogP contribution in [0.3, 0.4) is 0 Å². The molecular formula is C10H12F3N3. The predicted octanol–water partition coefficient (Wildman–Crippen LogP) is 1.64. The van der Waals surface area contributed by atoms with Crippen molar-refractivity contribution < 1.29 is 13.2 Å². The summed E-state index contributed by atoms with van der Waals surface area (Å²) in [6.07, 6.45) is -3.60. The Labute approximate surface area is 91.1 Å². The van der Waals surface area contributed by atoms with Crippen LogP contribution in [0.1, 0.15) is 12.1 Å². The third-order valence-electron chi connectivity index (χ3n) is 2.57. The topological polar surface area (TPSA) is 42.1 Å². The van der Waals surface area contributed by atoms with Gasteiger partial charge >= 0.3 is 6.18 Å². The number of alkyl halides is 3. The minimum atomic E-state index is -4.39. The summed E-state index contributed by atoms with van der Waals surface area (Å²) >= 11 is 0. The molecule has 0 aromatic carbocycles.